The first-order chi connectivity index (χ1) is 26.6. The van der Waals surface area contributed by atoms with Crippen molar-refractivity contribution in [2.45, 2.75) is 116 Å². The molecule has 55 heavy (non-hydrogen) atoms. The largest absolute Gasteiger partial charge is 0.378 e. The summed E-state index contributed by atoms with van der Waals surface area (Å²) in [5, 5.41) is 8.13. The maximum atomic E-state index is 15.0. The predicted octanol–water partition coefficient (Wildman–Crippen LogP) is 8.36. The van der Waals surface area contributed by atoms with E-state index in [4.69, 9.17) is 4.74 Å². The highest BCUT2D eigenvalue weighted by Gasteiger charge is 2.60. The van der Waals surface area contributed by atoms with Gasteiger partial charge in [0.2, 0.25) is 0 Å². The molecule has 4 aliphatic carbocycles. The summed E-state index contributed by atoms with van der Waals surface area (Å²) in [4.78, 5) is 42.1. The molecule has 3 aromatic rings. The Morgan fingerprint density at radius 2 is 1.64 bits per heavy atom. The summed E-state index contributed by atoms with van der Waals surface area (Å²) in [6.07, 6.45) is 17.2. The molecule has 0 radical (unpaired) electrons. The van der Waals surface area contributed by atoms with Gasteiger partial charge in [-0.1, -0.05) is 57.4 Å². The van der Waals surface area contributed by atoms with Crippen molar-refractivity contribution in [3.63, 3.8) is 0 Å². The van der Waals surface area contributed by atoms with Crippen molar-refractivity contribution < 1.29 is 18.7 Å². The van der Waals surface area contributed by atoms with Crippen molar-refractivity contribution in [2.75, 3.05) is 39.3 Å². The molecule has 8 nitrogen and oxygen atoms in total. The second kappa shape index (κ2) is 16.2. The molecular formula is C46H61FN4O4. The number of aromatic nitrogens is 2. The van der Waals surface area contributed by atoms with E-state index < -0.39 is 5.82 Å². The fourth-order valence-electron chi connectivity index (χ4n) is 12.2. The van der Waals surface area contributed by atoms with Crippen molar-refractivity contribution in [1.82, 2.24) is 20.0 Å². The zero-order chi connectivity index (χ0) is 38.2. The first kappa shape index (κ1) is 38.4. The molecule has 2 aromatic carbocycles. The van der Waals surface area contributed by atoms with Crippen LogP contribution in [-0.4, -0.2) is 77.1 Å². The zero-order valence-electron chi connectivity index (χ0n) is 33.1. The van der Waals surface area contributed by atoms with Gasteiger partial charge in [-0.15, -0.1) is 0 Å². The Morgan fingerprint density at radius 1 is 0.873 bits per heavy atom. The van der Waals surface area contributed by atoms with Crippen LogP contribution in [0.15, 0.2) is 47.3 Å². The van der Waals surface area contributed by atoms with Crippen molar-refractivity contribution in [3.05, 3.63) is 75.5 Å². The van der Waals surface area contributed by atoms with E-state index in [1.54, 1.807) is 23.1 Å². The number of Topliss-reactive ketones (excluding diaryl/α,β-unsaturated/α-hetero) is 1. The van der Waals surface area contributed by atoms with Crippen LogP contribution in [0.25, 0.3) is 10.8 Å². The number of carbonyl (C=O) groups excluding carboxylic acids is 2. The summed E-state index contributed by atoms with van der Waals surface area (Å²) >= 11 is 0. The molecule has 8 rings (SSSR count). The average Bonchev–Trinajstić information content (AvgIpc) is 3.54. The van der Waals surface area contributed by atoms with Crippen LogP contribution in [0, 0.1) is 40.3 Å². The van der Waals surface area contributed by atoms with Gasteiger partial charge in [-0.2, -0.15) is 5.10 Å². The summed E-state index contributed by atoms with van der Waals surface area (Å²) < 4.78 is 21.7. The molecule has 1 amide bonds. The number of nitrogens with one attached hydrogen (secondary N) is 1. The highest BCUT2D eigenvalue weighted by atomic mass is 19.1. The summed E-state index contributed by atoms with van der Waals surface area (Å²) in [5.74, 6) is 2.77. The number of benzene rings is 2. The first-order valence-corrected chi connectivity index (χ1v) is 21.5. The highest BCUT2D eigenvalue weighted by molar-refractivity contribution is 5.95. The second-order valence-corrected chi connectivity index (χ2v) is 18.3. The lowest BCUT2D eigenvalue weighted by molar-refractivity contribution is -0.145. The van der Waals surface area contributed by atoms with Gasteiger partial charge in [0.25, 0.3) is 11.5 Å². The number of halogens is 1. The molecule has 296 valence electrons. The van der Waals surface area contributed by atoms with Gasteiger partial charge < -0.3 is 9.64 Å². The molecular weight excluding hydrogens is 692 g/mol. The molecule has 1 N–H and O–H groups in total. The van der Waals surface area contributed by atoms with Crippen LogP contribution in [0.1, 0.15) is 125 Å². The number of ketones is 1. The Balaban J connectivity index is 0.726. The molecule has 5 fully saturated rings. The molecule has 4 saturated carbocycles. The lowest BCUT2D eigenvalue weighted by Gasteiger charge is -2.60. The highest BCUT2D eigenvalue weighted by Crippen LogP contribution is 2.66. The Bertz CT molecular complexity index is 1920. The van der Waals surface area contributed by atoms with Crippen molar-refractivity contribution in [1.29, 1.82) is 0 Å². The number of rotatable bonds is 12. The van der Waals surface area contributed by atoms with E-state index in [2.05, 4.69) is 28.9 Å². The lowest BCUT2D eigenvalue weighted by Crippen LogP contribution is -2.54. The number of hydrogen-bond donors (Lipinski definition) is 1. The number of nitrogens with zero attached hydrogens (tertiary/aromatic N) is 3. The molecule has 1 aromatic heterocycles. The van der Waals surface area contributed by atoms with Gasteiger partial charge in [-0.25, -0.2) is 9.49 Å². The van der Waals surface area contributed by atoms with Crippen LogP contribution in [-0.2, 0) is 16.0 Å². The van der Waals surface area contributed by atoms with Crippen molar-refractivity contribution >= 4 is 22.5 Å². The van der Waals surface area contributed by atoms with Crippen LogP contribution in [0.4, 0.5) is 4.39 Å². The average molecular weight is 753 g/mol. The molecule has 0 spiro atoms. The van der Waals surface area contributed by atoms with E-state index in [1.165, 1.54) is 63.9 Å². The van der Waals surface area contributed by atoms with Crippen molar-refractivity contribution in [2.24, 2.45) is 34.5 Å². The fraction of sp³-hybridized carbons (Fsp3) is 0.652. The van der Waals surface area contributed by atoms with Crippen LogP contribution < -0.4 is 5.56 Å². The SMILES string of the molecule is C[C@]12CCC(=O)C[C@@H]1CC[C@@H]1[C@@H]2CC[C@]2(C)C(OCCCCCCCN3CCN(C(=O)c4cc(Cc5n[nH]c(=O)c6ccccc56)ccc4F)CC3)CC[C@@H]12. The number of aromatic amines is 1. The molecule has 1 saturated heterocycles. The third kappa shape index (κ3) is 7.69. The number of carbonyl (C=O) groups is 2. The molecule has 1 aliphatic heterocycles. The Morgan fingerprint density at radius 3 is 2.47 bits per heavy atom. The quantitative estimate of drug-likeness (QED) is 0.187. The van der Waals surface area contributed by atoms with Gasteiger partial charge in [0, 0.05) is 57.4 Å². The number of unbranched alkanes of at least 4 members (excludes halogenated alkanes) is 4. The number of amides is 1. The van der Waals surface area contributed by atoms with E-state index in [0.29, 0.717) is 59.2 Å². The van der Waals surface area contributed by atoms with E-state index in [-0.39, 0.29) is 17.0 Å². The predicted molar refractivity (Wildman–Crippen MR) is 213 cm³/mol. The zero-order valence-corrected chi connectivity index (χ0v) is 33.1. The summed E-state index contributed by atoms with van der Waals surface area (Å²) in [6.45, 7) is 9.79. The van der Waals surface area contributed by atoms with Crippen LogP contribution in [0.5, 0.6) is 0 Å². The number of fused-ring (bicyclic) bond motifs is 6. The minimum atomic E-state index is -0.513. The third-order valence-electron chi connectivity index (χ3n) is 15.4. The molecule has 7 atom stereocenters. The molecule has 0 bridgehead atoms. The summed E-state index contributed by atoms with van der Waals surface area (Å²) in [7, 11) is 0. The Hall–Kier alpha value is -3.43. The van der Waals surface area contributed by atoms with Gasteiger partial charge in [0.05, 0.1) is 22.7 Å². The minimum Gasteiger partial charge on any atom is -0.378 e. The number of H-pyrrole nitrogens is 1. The minimum absolute atomic E-state index is 0.0912. The molecule has 2 heterocycles. The first-order valence-electron chi connectivity index (χ1n) is 21.5. The maximum Gasteiger partial charge on any atom is 0.272 e. The Kier molecular flexibility index (Phi) is 11.3. The molecule has 5 aliphatic rings. The number of piperazine rings is 1. The lowest BCUT2D eigenvalue weighted by atomic mass is 9.45. The van der Waals surface area contributed by atoms with Crippen LogP contribution in [0.2, 0.25) is 0 Å². The van der Waals surface area contributed by atoms with Crippen LogP contribution >= 0.6 is 0 Å². The van der Waals surface area contributed by atoms with Crippen molar-refractivity contribution in [3.8, 4) is 0 Å². The van der Waals surface area contributed by atoms with Gasteiger partial charge in [0.15, 0.2) is 0 Å². The third-order valence-corrected chi connectivity index (χ3v) is 15.4. The molecule has 1 unspecified atom stereocenters. The Labute approximate surface area is 326 Å². The number of ether oxygens (including phenoxy) is 1. The summed E-state index contributed by atoms with van der Waals surface area (Å²) in [5.41, 5.74) is 2.00. The smallest absolute Gasteiger partial charge is 0.272 e. The fourth-order valence-corrected chi connectivity index (χ4v) is 12.2. The maximum absolute atomic E-state index is 15.0. The standard InChI is InChI=1S/C46H61FN4O4/c1-45-20-18-33(52)30-32(45)13-14-36-38-15-17-42(46(38,2)21-19-39(36)45)55-27-9-5-3-4-8-22-50-23-25-51(26-24-50)44(54)37-28-31(12-16-40(37)47)29-41-34-10-6-7-11-35(34)43(53)49-48-41/h6-7,10-12,16,28,32,36,38-39,42H,3-5,8-9,13-15,17-27,29-30H2,1-2H3,(H,49,53)/t32-,36-,38-,39-,42?,45-,46-/m0/s1. The topological polar surface area (TPSA) is 95.6 Å². The normalized spacial score (nSPS) is 30.9. The number of hydrogen-bond acceptors (Lipinski definition) is 6. The van der Waals surface area contributed by atoms with Gasteiger partial charge in [-0.05, 0) is 123 Å². The molecule has 9 heteroatoms. The van der Waals surface area contributed by atoms with Crippen LogP contribution in [0.3, 0.4) is 0 Å². The van der Waals surface area contributed by atoms with Gasteiger partial charge >= 0.3 is 0 Å². The second-order valence-electron chi connectivity index (χ2n) is 18.3. The van der Waals surface area contributed by atoms with Gasteiger partial charge in [-0.3, -0.25) is 19.3 Å². The van der Waals surface area contributed by atoms with E-state index in [1.807, 2.05) is 18.2 Å². The monoisotopic (exact) mass is 752 g/mol. The van der Waals surface area contributed by atoms with Gasteiger partial charge in [0.1, 0.15) is 11.6 Å². The van der Waals surface area contributed by atoms with E-state index in [0.717, 1.165) is 87.0 Å². The van der Waals surface area contributed by atoms with E-state index >= 15 is 0 Å². The van der Waals surface area contributed by atoms with E-state index in [9.17, 15) is 18.8 Å². The summed E-state index contributed by atoms with van der Waals surface area (Å²) in [6, 6.07) is 12.0.